The van der Waals surface area contributed by atoms with Crippen LogP contribution in [0.3, 0.4) is 0 Å². The highest BCUT2D eigenvalue weighted by Crippen LogP contribution is 2.15. The molecule has 1 amide bonds. The van der Waals surface area contributed by atoms with Crippen molar-refractivity contribution in [1.82, 2.24) is 5.32 Å². The van der Waals surface area contributed by atoms with Crippen molar-refractivity contribution in [2.24, 2.45) is 0 Å². The number of hydrogen-bond acceptors (Lipinski definition) is 4. The van der Waals surface area contributed by atoms with Gasteiger partial charge in [-0.2, -0.15) is 5.26 Å². The molecule has 0 bridgehead atoms. The maximum atomic E-state index is 11.6. The number of hydrogen-bond donors (Lipinski definition) is 2. The fourth-order valence-corrected chi connectivity index (χ4v) is 1.88. The standard InChI is InChI=1S/C10H12N2O2S/c1-7(2-4-13)12-10(14)9-8(6-11)3-5-15-9/h3,5,7,13H,2,4H2,1H3,(H,12,14). The maximum absolute atomic E-state index is 11.6. The van der Waals surface area contributed by atoms with Gasteiger partial charge in [0.1, 0.15) is 10.9 Å². The van der Waals surface area contributed by atoms with Crippen LogP contribution < -0.4 is 5.32 Å². The van der Waals surface area contributed by atoms with Crippen LogP contribution in [-0.4, -0.2) is 23.7 Å². The molecular formula is C10H12N2O2S. The number of nitrogens with one attached hydrogen (secondary N) is 1. The lowest BCUT2D eigenvalue weighted by molar-refractivity contribution is 0.0938. The number of thiophene rings is 1. The van der Waals surface area contributed by atoms with Crippen LogP contribution in [0.4, 0.5) is 0 Å². The molecule has 15 heavy (non-hydrogen) atoms. The molecule has 1 rings (SSSR count). The number of carbonyl (C=O) groups excluding carboxylic acids is 1. The van der Waals surface area contributed by atoms with Gasteiger partial charge in [-0.15, -0.1) is 11.3 Å². The van der Waals surface area contributed by atoms with Gasteiger partial charge in [0.25, 0.3) is 5.91 Å². The normalized spacial score (nSPS) is 11.8. The van der Waals surface area contributed by atoms with Gasteiger partial charge in [0.2, 0.25) is 0 Å². The first kappa shape index (κ1) is 11.7. The lowest BCUT2D eigenvalue weighted by Crippen LogP contribution is -2.33. The quantitative estimate of drug-likeness (QED) is 0.805. The van der Waals surface area contributed by atoms with E-state index in [0.29, 0.717) is 16.9 Å². The molecule has 0 aliphatic heterocycles. The number of rotatable bonds is 4. The fraction of sp³-hybridized carbons (Fsp3) is 0.400. The van der Waals surface area contributed by atoms with Crippen LogP contribution in [0.5, 0.6) is 0 Å². The maximum Gasteiger partial charge on any atom is 0.262 e. The van der Waals surface area contributed by atoms with Crippen molar-refractivity contribution in [2.45, 2.75) is 19.4 Å². The highest BCUT2D eigenvalue weighted by atomic mass is 32.1. The van der Waals surface area contributed by atoms with E-state index in [1.165, 1.54) is 11.3 Å². The number of nitrogens with zero attached hydrogens (tertiary/aromatic N) is 1. The van der Waals surface area contributed by atoms with E-state index in [-0.39, 0.29) is 18.6 Å². The van der Waals surface area contributed by atoms with Gasteiger partial charge in [0, 0.05) is 12.6 Å². The summed E-state index contributed by atoms with van der Waals surface area (Å²) < 4.78 is 0. The highest BCUT2D eigenvalue weighted by Gasteiger charge is 2.14. The molecule has 2 N–H and O–H groups in total. The van der Waals surface area contributed by atoms with Crippen LogP contribution in [0.2, 0.25) is 0 Å². The molecule has 0 aliphatic rings. The topological polar surface area (TPSA) is 73.1 Å². The average Bonchev–Trinajstić information content (AvgIpc) is 2.65. The highest BCUT2D eigenvalue weighted by molar-refractivity contribution is 7.12. The van der Waals surface area contributed by atoms with E-state index >= 15 is 0 Å². The lowest BCUT2D eigenvalue weighted by Gasteiger charge is -2.11. The summed E-state index contributed by atoms with van der Waals surface area (Å²) in [6.07, 6.45) is 0.513. The van der Waals surface area contributed by atoms with Crippen molar-refractivity contribution in [1.29, 1.82) is 5.26 Å². The SMILES string of the molecule is CC(CCO)NC(=O)c1sccc1C#N. The van der Waals surface area contributed by atoms with Gasteiger partial charge in [-0.25, -0.2) is 0 Å². The smallest absolute Gasteiger partial charge is 0.262 e. The van der Waals surface area contributed by atoms with E-state index in [1.54, 1.807) is 11.4 Å². The Morgan fingerprint density at radius 3 is 3.13 bits per heavy atom. The molecule has 5 heteroatoms. The van der Waals surface area contributed by atoms with Crippen LogP contribution in [0.1, 0.15) is 28.6 Å². The predicted octanol–water partition coefficient (Wildman–Crippen LogP) is 1.12. The van der Waals surface area contributed by atoms with Gasteiger partial charge in [-0.3, -0.25) is 4.79 Å². The number of carbonyl (C=O) groups is 1. The Bertz CT molecular complexity index is 381. The van der Waals surface area contributed by atoms with E-state index in [1.807, 2.05) is 13.0 Å². The molecule has 0 saturated carbocycles. The van der Waals surface area contributed by atoms with Crippen LogP contribution >= 0.6 is 11.3 Å². The molecule has 0 radical (unpaired) electrons. The van der Waals surface area contributed by atoms with E-state index in [4.69, 9.17) is 10.4 Å². The van der Waals surface area contributed by atoms with Gasteiger partial charge in [-0.1, -0.05) is 0 Å². The summed E-state index contributed by atoms with van der Waals surface area (Å²) in [4.78, 5) is 12.1. The van der Waals surface area contributed by atoms with E-state index in [9.17, 15) is 4.79 Å². The van der Waals surface area contributed by atoms with Crippen LogP contribution in [0.25, 0.3) is 0 Å². The van der Waals surface area contributed by atoms with Crippen LogP contribution in [-0.2, 0) is 0 Å². The Morgan fingerprint density at radius 2 is 2.53 bits per heavy atom. The second kappa shape index (κ2) is 5.49. The van der Waals surface area contributed by atoms with Gasteiger partial charge >= 0.3 is 0 Å². The summed E-state index contributed by atoms with van der Waals surface area (Å²) in [5.74, 6) is -0.248. The Morgan fingerprint density at radius 1 is 1.80 bits per heavy atom. The van der Waals surface area contributed by atoms with E-state index in [0.717, 1.165) is 0 Å². The van der Waals surface area contributed by atoms with Crippen LogP contribution in [0.15, 0.2) is 11.4 Å². The molecule has 0 saturated heterocycles. The van der Waals surface area contributed by atoms with Crippen molar-refractivity contribution in [3.8, 4) is 6.07 Å². The van der Waals surface area contributed by atoms with Crippen molar-refractivity contribution < 1.29 is 9.90 Å². The predicted molar refractivity (Wildman–Crippen MR) is 57.7 cm³/mol. The molecule has 4 nitrogen and oxygen atoms in total. The second-order valence-corrected chi connectivity index (χ2v) is 4.08. The number of aliphatic hydroxyl groups excluding tert-OH is 1. The van der Waals surface area contributed by atoms with Crippen molar-refractivity contribution in [2.75, 3.05) is 6.61 Å². The lowest BCUT2D eigenvalue weighted by atomic mass is 10.2. The van der Waals surface area contributed by atoms with Crippen LogP contribution in [0, 0.1) is 11.3 Å². The minimum atomic E-state index is -0.248. The van der Waals surface area contributed by atoms with Gasteiger partial charge in [0.05, 0.1) is 5.56 Å². The van der Waals surface area contributed by atoms with E-state index in [2.05, 4.69) is 5.32 Å². The minimum absolute atomic E-state index is 0.0387. The Kier molecular flexibility index (Phi) is 4.28. The molecule has 1 atom stereocenters. The number of nitriles is 1. The minimum Gasteiger partial charge on any atom is -0.396 e. The number of aliphatic hydroxyl groups is 1. The first-order valence-electron chi connectivity index (χ1n) is 4.58. The van der Waals surface area contributed by atoms with Crippen molar-refractivity contribution in [3.63, 3.8) is 0 Å². The molecule has 0 aliphatic carbocycles. The van der Waals surface area contributed by atoms with Gasteiger partial charge < -0.3 is 10.4 Å². The van der Waals surface area contributed by atoms with E-state index < -0.39 is 0 Å². The largest absolute Gasteiger partial charge is 0.396 e. The molecule has 1 heterocycles. The third-order valence-corrected chi connectivity index (χ3v) is 2.84. The summed E-state index contributed by atoms with van der Waals surface area (Å²) in [7, 11) is 0. The summed E-state index contributed by atoms with van der Waals surface area (Å²) in [5.41, 5.74) is 0.397. The first-order chi connectivity index (χ1) is 7.19. The number of amides is 1. The molecular weight excluding hydrogens is 212 g/mol. The summed E-state index contributed by atoms with van der Waals surface area (Å²) in [5, 5.41) is 21.8. The Hall–Kier alpha value is -1.38. The molecule has 1 unspecified atom stereocenters. The zero-order chi connectivity index (χ0) is 11.3. The van der Waals surface area contributed by atoms with Crippen molar-refractivity contribution >= 4 is 17.2 Å². The molecule has 0 spiro atoms. The second-order valence-electron chi connectivity index (χ2n) is 3.16. The summed E-state index contributed by atoms with van der Waals surface area (Å²) in [6.45, 7) is 1.85. The monoisotopic (exact) mass is 224 g/mol. The molecule has 80 valence electrons. The van der Waals surface area contributed by atoms with Crippen molar-refractivity contribution in [3.05, 3.63) is 21.9 Å². The molecule has 0 fully saturated rings. The summed E-state index contributed by atoms with van der Waals surface area (Å²) >= 11 is 1.25. The zero-order valence-corrected chi connectivity index (χ0v) is 9.17. The van der Waals surface area contributed by atoms with Gasteiger partial charge in [-0.05, 0) is 24.8 Å². The average molecular weight is 224 g/mol. The third-order valence-electron chi connectivity index (χ3n) is 1.93. The third kappa shape index (κ3) is 3.05. The Labute approximate surface area is 92.2 Å². The van der Waals surface area contributed by atoms with Gasteiger partial charge in [0.15, 0.2) is 0 Å². The molecule has 1 aromatic heterocycles. The molecule has 0 aromatic carbocycles. The summed E-state index contributed by atoms with van der Waals surface area (Å²) in [6, 6.07) is 3.50. The first-order valence-corrected chi connectivity index (χ1v) is 5.46. The Balaban J connectivity index is 2.66. The molecule has 1 aromatic rings. The zero-order valence-electron chi connectivity index (χ0n) is 8.36. The fourth-order valence-electron chi connectivity index (χ4n) is 1.13.